The van der Waals surface area contributed by atoms with Crippen LogP contribution in [0.15, 0.2) is 4.99 Å². The van der Waals surface area contributed by atoms with Crippen molar-refractivity contribution in [2.75, 3.05) is 41.0 Å². The lowest BCUT2D eigenvalue weighted by Gasteiger charge is -2.30. The van der Waals surface area contributed by atoms with Gasteiger partial charge in [0.25, 0.3) is 0 Å². The van der Waals surface area contributed by atoms with Gasteiger partial charge in [0.1, 0.15) is 0 Å². The highest BCUT2D eigenvalue weighted by molar-refractivity contribution is 5.79. The number of nitrogens with one attached hydrogen (secondary N) is 2. The Morgan fingerprint density at radius 3 is 2.30 bits per heavy atom. The molecule has 0 heterocycles. The van der Waals surface area contributed by atoms with Gasteiger partial charge in [0.15, 0.2) is 5.96 Å². The lowest BCUT2D eigenvalue weighted by Crippen LogP contribution is -2.45. The summed E-state index contributed by atoms with van der Waals surface area (Å²) in [6.07, 6.45) is 3.56. The molecule has 0 spiro atoms. The Bertz CT molecular complexity index is 262. The largest absolute Gasteiger partial charge is 0.385 e. The number of aliphatic imine (C=N–C) groups is 1. The van der Waals surface area contributed by atoms with Crippen molar-refractivity contribution < 1.29 is 9.47 Å². The van der Waals surface area contributed by atoms with Gasteiger partial charge in [0, 0.05) is 41.0 Å². The third-order valence-corrected chi connectivity index (χ3v) is 3.25. The van der Waals surface area contributed by atoms with Crippen molar-refractivity contribution in [3.05, 3.63) is 0 Å². The molecule has 0 aromatic carbocycles. The molecule has 0 aliphatic heterocycles. The standard InChI is InChI=1S/C15H33N3O2/c1-15(2,3)13(20-6)12-18-14(16-4)17-10-8-7-9-11-19-5/h13H,7-12H2,1-6H3,(H2,16,17,18). The third kappa shape index (κ3) is 9.15. The minimum Gasteiger partial charge on any atom is -0.385 e. The van der Waals surface area contributed by atoms with E-state index in [0.717, 1.165) is 38.5 Å². The van der Waals surface area contributed by atoms with E-state index in [9.17, 15) is 0 Å². The van der Waals surface area contributed by atoms with Crippen LogP contribution in [0.2, 0.25) is 0 Å². The average Bonchev–Trinajstić information content (AvgIpc) is 2.39. The zero-order valence-corrected chi connectivity index (χ0v) is 14.1. The van der Waals surface area contributed by atoms with Gasteiger partial charge in [-0.05, 0) is 24.7 Å². The first-order chi connectivity index (χ1) is 9.45. The second kappa shape index (κ2) is 10.9. The highest BCUT2D eigenvalue weighted by atomic mass is 16.5. The van der Waals surface area contributed by atoms with Crippen LogP contribution in [0.5, 0.6) is 0 Å². The molecule has 5 nitrogen and oxygen atoms in total. The molecule has 2 N–H and O–H groups in total. The van der Waals surface area contributed by atoms with Crippen LogP contribution in [0, 0.1) is 5.41 Å². The topological polar surface area (TPSA) is 54.9 Å². The zero-order valence-electron chi connectivity index (χ0n) is 14.1. The minimum absolute atomic E-state index is 0.112. The second-order valence-corrected chi connectivity index (χ2v) is 6.02. The molecule has 0 aromatic heterocycles. The smallest absolute Gasteiger partial charge is 0.191 e. The maximum atomic E-state index is 5.52. The third-order valence-electron chi connectivity index (χ3n) is 3.25. The molecule has 0 saturated carbocycles. The van der Waals surface area contributed by atoms with E-state index in [2.05, 4.69) is 36.4 Å². The first-order valence-corrected chi connectivity index (χ1v) is 7.42. The SMILES string of the molecule is CN=C(NCCCCCOC)NCC(OC)C(C)(C)C. The van der Waals surface area contributed by atoms with E-state index in [-0.39, 0.29) is 11.5 Å². The van der Waals surface area contributed by atoms with Crippen molar-refractivity contribution in [1.29, 1.82) is 0 Å². The molecule has 0 aliphatic rings. The molecule has 0 aromatic rings. The van der Waals surface area contributed by atoms with Crippen LogP contribution in [0.4, 0.5) is 0 Å². The number of methoxy groups -OCH3 is 2. The molecular weight excluding hydrogens is 254 g/mol. The average molecular weight is 287 g/mol. The van der Waals surface area contributed by atoms with Crippen LogP contribution >= 0.6 is 0 Å². The number of guanidine groups is 1. The first kappa shape index (κ1) is 19.2. The predicted molar refractivity (Wildman–Crippen MR) is 85.3 cm³/mol. The van der Waals surface area contributed by atoms with Crippen molar-refractivity contribution in [2.45, 2.75) is 46.1 Å². The predicted octanol–water partition coefficient (Wildman–Crippen LogP) is 2.03. The van der Waals surface area contributed by atoms with Crippen molar-refractivity contribution >= 4 is 5.96 Å². The molecule has 1 atom stereocenters. The number of unbranched alkanes of at least 4 members (excludes halogenated alkanes) is 2. The normalized spacial score (nSPS) is 14.2. The van der Waals surface area contributed by atoms with Crippen LogP contribution in [0.25, 0.3) is 0 Å². The molecule has 1 unspecified atom stereocenters. The van der Waals surface area contributed by atoms with Crippen molar-refractivity contribution in [2.24, 2.45) is 10.4 Å². The van der Waals surface area contributed by atoms with Gasteiger partial charge < -0.3 is 20.1 Å². The van der Waals surface area contributed by atoms with Crippen molar-refractivity contribution in [3.8, 4) is 0 Å². The highest BCUT2D eigenvalue weighted by Crippen LogP contribution is 2.20. The number of hydrogen-bond acceptors (Lipinski definition) is 3. The van der Waals surface area contributed by atoms with Crippen LogP contribution in [-0.4, -0.2) is 53.0 Å². The Morgan fingerprint density at radius 2 is 1.80 bits per heavy atom. The summed E-state index contributed by atoms with van der Waals surface area (Å²) in [5.41, 5.74) is 0.112. The fraction of sp³-hybridized carbons (Fsp3) is 0.933. The molecule has 0 rings (SSSR count). The fourth-order valence-corrected chi connectivity index (χ4v) is 1.91. The van der Waals surface area contributed by atoms with E-state index in [4.69, 9.17) is 9.47 Å². The second-order valence-electron chi connectivity index (χ2n) is 6.02. The first-order valence-electron chi connectivity index (χ1n) is 7.42. The Morgan fingerprint density at radius 1 is 1.10 bits per heavy atom. The Balaban J connectivity index is 3.88. The molecule has 0 radical (unpaired) electrons. The minimum atomic E-state index is 0.112. The molecule has 0 saturated heterocycles. The number of rotatable bonds is 9. The van der Waals surface area contributed by atoms with Gasteiger partial charge in [-0.15, -0.1) is 0 Å². The number of nitrogens with zero attached hydrogens (tertiary/aromatic N) is 1. The lowest BCUT2D eigenvalue weighted by atomic mass is 9.89. The summed E-state index contributed by atoms with van der Waals surface area (Å²) < 4.78 is 10.5. The van der Waals surface area contributed by atoms with Crippen LogP contribution < -0.4 is 10.6 Å². The lowest BCUT2D eigenvalue weighted by molar-refractivity contribution is 0.0205. The van der Waals surface area contributed by atoms with E-state index in [1.165, 1.54) is 6.42 Å². The maximum Gasteiger partial charge on any atom is 0.191 e. The van der Waals surface area contributed by atoms with Crippen LogP contribution in [-0.2, 0) is 9.47 Å². The van der Waals surface area contributed by atoms with E-state index in [1.54, 1.807) is 21.3 Å². The van der Waals surface area contributed by atoms with Gasteiger partial charge in [-0.1, -0.05) is 20.8 Å². The molecule has 0 fully saturated rings. The Kier molecular flexibility index (Phi) is 10.5. The highest BCUT2D eigenvalue weighted by Gasteiger charge is 2.24. The summed E-state index contributed by atoms with van der Waals surface area (Å²) in [4.78, 5) is 4.22. The molecule has 20 heavy (non-hydrogen) atoms. The van der Waals surface area contributed by atoms with E-state index in [0.29, 0.717) is 0 Å². The summed E-state index contributed by atoms with van der Waals surface area (Å²) in [7, 11) is 5.29. The van der Waals surface area contributed by atoms with Crippen molar-refractivity contribution in [1.82, 2.24) is 10.6 Å². The van der Waals surface area contributed by atoms with E-state index in [1.807, 2.05) is 0 Å². The van der Waals surface area contributed by atoms with E-state index < -0.39 is 0 Å². The van der Waals surface area contributed by atoms with Crippen LogP contribution in [0.3, 0.4) is 0 Å². The summed E-state index contributed by atoms with van der Waals surface area (Å²) in [5.74, 6) is 0.836. The molecule has 0 aliphatic carbocycles. The zero-order chi connectivity index (χ0) is 15.4. The summed E-state index contributed by atoms with van der Waals surface area (Å²) >= 11 is 0. The number of ether oxygens (including phenoxy) is 2. The molecule has 5 heteroatoms. The van der Waals surface area contributed by atoms with Gasteiger partial charge >= 0.3 is 0 Å². The van der Waals surface area contributed by atoms with Gasteiger partial charge in [-0.25, -0.2) is 0 Å². The van der Waals surface area contributed by atoms with Crippen LogP contribution in [0.1, 0.15) is 40.0 Å². The van der Waals surface area contributed by atoms with Gasteiger partial charge in [-0.3, -0.25) is 4.99 Å². The quantitative estimate of drug-likeness (QED) is 0.387. The summed E-state index contributed by atoms with van der Waals surface area (Å²) in [5, 5.41) is 6.64. The number of hydrogen-bond donors (Lipinski definition) is 2. The molecule has 0 amide bonds. The van der Waals surface area contributed by atoms with Gasteiger partial charge in [0.2, 0.25) is 0 Å². The van der Waals surface area contributed by atoms with Gasteiger partial charge in [-0.2, -0.15) is 0 Å². The fourth-order valence-electron chi connectivity index (χ4n) is 1.91. The monoisotopic (exact) mass is 287 g/mol. The maximum absolute atomic E-state index is 5.52. The Labute approximate surface area is 124 Å². The van der Waals surface area contributed by atoms with E-state index >= 15 is 0 Å². The summed E-state index contributed by atoms with van der Waals surface area (Å²) in [6, 6.07) is 0. The molecule has 0 bridgehead atoms. The summed E-state index contributed by atoms with van der Waals surface area (Å²) in [6.45, 7) is 9.05. The van der Waals surface area contributed by atoms with Crippen molar-refractivity contribution in [3.63, 3.8) is 0 Å². The molecular formula is C15H33N3O2. The molecule has 120 valence electrons. The Hall–Kier alpha value is -0.810. The van der Waals surface area contributed by atoms with Gasteiger partial charge in [0.05, 0.1) is 6.10 Å².